The van der Waals surface area contributed by atoms with Gasteiger partial charge in [0, 0.05) is 13.2 Å². The number of benzene rings is 1. The second-order valence-corrected chi connectivity index (χ2v) is 11.9. The van der Waals surface area contributed by atoms with E-state index in [0.29, 0.717) is 55.2 Å². The van der Waals surface area contributed by atoms with Crippen molar-refractivity contribution in [1.29, 1.82) is 0 Å². The van der Waals surface area contributed by atoms with Crippen molar-refractivity contribution in [1.82, 2.24) is 0 Å². The third-order valence-electron chi connectivity index (χ3n) is 8.61. The van der Waals surface area contributed by atoms with Crippen LogP contribution in [-0.4, -0.2) is 82.7 Å². The Morgan fingerprint density at radius 3 is 2.37 bits per heavy atom. The third-order valence-corrected chi connectivity index (χ3v) is 8.61. The maximum atomic E-state index is 13.0. The number of allylic oxidation sites excluding steroid dienone is 1. The largest absolute Gasteiger partial charge is 0.493 e. The minimum absolute atomic E-state index is 0.0261. The van der Waals surface area contributed by atoms with Crippen LogP contribution < -0.4 is 14.2 Å². The summed E-state index contributed by atoms with van der Waals surface area (Å²) in [5, 5.41) is 0. The standard InChI is InChI=1S/C32H44O9/c1-20(2)7-11-26-31(3,41-26)30-29(36-6)23(13-14-32(30)19-39-32)40-27(33)12-8-21-17-24(34-4)28(25(18-21)35-5)38-16-15-37-22-9-10-22/h7-8,12,17-18,22-23,26,29-30H,9-11,13-16,19H2,1-6H3/b12-8+/t23-,26+,29-,30-,31?,32?/m1/s1. The SMILES string of the molecule is COc1cc(/C=C/C(=O)O[C@@H]2CCC3(CO3)[C@@H](C3(C)O[C@H]3CC=C(C)C)[C@@H]2OC)cc(OC)c1OCCOC1CC1. The molecule has 2 aliphatic carbocycles. The molecule has 0 radical (unpaired) electrons. The second kappa shape index (κ2) is 12.3. The highest BCUT2D eigenvalue weighted by Gasteiger charge is 2.72. The highest BCUT2D eigenvalue weighted by atomic mass is 16.6. The molecule has 4 aliphatic rings. The zero-order valence-electron chi connectivity index (χ0n) is 25.1. The van der Waals surface area contributed by atoms with Gasteiger partial charge >= 0.3 is 5.97 Å². The van der Waals surface area contributed by atoms with Crippen LogP contribution in [0.1, 0.15) is 58.4 Å². The van der Waals surface area contributed by atoms with Gasteiger partial charge < -0.3 is 37.9 Å². The molecule has 0 aromatic heterocycles. The van der Waals surface area contributed by atoms with Crippen LogP contribution in [0.25, 0.3) is 6.08 Å². The Kier molecular flexibility index (Phi) is 8.99. The van der Waals surface area contributed by atoms with Gasteiger partial charge in [-0.05, 0) is 76.6 Å². The van der Waals surface area contributed by atoms with Gasteiger partial charge in [0.05, 0.1) is 45.6 Å². The minimum Gasteiger partial charge on any atom is -0.493 e. The average molecular weight is 573 g/mol. The van der Waals surface area contributed by atoms with Crippen molar-refractivity contribution >= 4 is 12.0 Å². The zero-order chi connectivity index (χ0) is 29.2. The Bertz CT molecular complexity index is 1120. The van der Waals surface area contributed by atoms with Crippen LogP contribution in [0.4, 0.5) is 0 Å². The van der Waals surface area contributed by atoms with Crippen LogP contribution in [-0.2, 0) is 28.5 Å². The van der Waals surface area contributed by atoms with Crippen molar-refractivity contribution < 1.29 is 42.7 Å². The van der Waals surface area contributed by atoms with Gasteiger partial charge in [-0.25, -0.2) is 4.79 Å². The molecule has 4 fully saturated rings. The van der Waals surface area contributed by atoms with E-state index < -0.39 is 12.1 Å². The van der Waals surface area contributed by atoms with E-state index in [4.69, 9.17) is 37.9 Å². The maximum Gasteiger partial charge on any atom is 0.331 e. The summed E-state index contributed by atoms with van der Waals surface area (Å²) in [6, 6.07) is 3.59. The van der Waals surface area contributed by atoms with Crippen LogP contribution in [0.2, 0.25) is 0 Å². The number of rotatable bonds is 14. The fourth-order valence-corrected chi connectivity index (χ4v) is 6.15. The summed E-state index contributed by atoms with van der Waals surface area (Å²) in [4.78, 5) is 13.0. The predicted molar refractivity (Wildman–Crippen MR) is 152 cm³/mol. The first-order valence-electron chi connectivity index (χ1n) is 14.6. The number of hydrogen-bond acceptors (Lipinski definition) is 9. The minimum atomic E-state index is -0.443. The van der Waals surface area contributed by atoms with E-state index in [1.807, 2.05) is 0 Å². The Balaban J connectivity index is 1.23. The van der Waals surface area contributed by atoms with Gasteiger partial charge in [0.2, 0.25) is 5.75 Å². The lowest BCUT2D eigenvalue weighted by molar-refractivity contribution is -0.166. The zero-order valence-corrected chi connectivity index (χ0v) is 25.1. The number of hydrogen-bond donors (Lipinski definition) is 0. The van der Waals surface area contributed by atoms with Gasteiger partial charge in [0.25, 0.3) is 0 Å². The molecule has 2 heterocycles. The van der Waals surface area contributed by atoms with Gasteiger partial charge in [-0.3, -0.25) is 0 Å². The lowest BCUT2D eigenvalue weighted by Gasteiger charge is -2.42. The van der Waals surface area contributed by atoms with Crippen molar-refractivity contribution in [2.24, 2.45) is 5.92 Å². The highest BCUT2D eigenvalue weighted by Crippen LogP contribution is 2.59. The van der Waals surface area contributed by atoms with Crippen LogP contribution >= 0.6 is 0 Å². The number of epoxide rings is 2. The molecule has 0 N–H and O–H groups in total. The lowest BCUT2D eigenvalue weighted by atomic mass is 9.68. The van der Waals surface area contributed by atoms with E-state index in [1.54, 1.807) is 39.5 Å². The molecule has 5 rings (SSSR count). The smallest absolute Gasteiger partial charge is 0.331 e. The molecule has 1 spiro atoms. The molecule has 9 heteroatoms. The molecule has 0 bridgehead atoms. The molecule has 1 aromatic carbocycles. The summed E-state index contributed by atoms with van der Waals surface area (Å²) in [6.45, 7) is 7.89. The molecule has 9 nitrogen and oxygen atoms in total. The van der Waals surface area contributed by atoms with Gasteiger partial charge in [0.1, 0.15) is 30.0 Å². The number of methoxy groups -OCH3 is 3. The van der Waals surface area contributed by atoms with Crippen molar-refractivity contribution in [3.05, 3.63) is 35.4 Å². The fourth-order valence-electron chi connectivity index (χ4n) is 6.15. The molecule has 1 aromatic rings. The number of carbonyl (C=O) groups excluding carboxylic acids is 1. The van der Waals surface area contributed by atoms with Crippen LogP contribution in [0.5, 0.6) is 17.2 Å². The van der Waals surface area contributed by atoms with Gasteiger partial charge in [-0.2, -0.15) is 0 Å². The quantitative estimate of drug-likeness (QED) is 0.101. The molecule has 2 saturated heterocycles. The summed E-state index contributed by atoms with van der Waals surface area (Å²) in [7, 11) is 4.81. The van der Waals surface area contributed by atoms with Crippen LogP contribution in [0.15, 0.2) is 29.9 Å². The van der Waals surface area contributed by atoms with E-state index in [-0.39, 0.29) is 29.3 Å². The molecule has 2 saturated carbocycles. The highest BCUT2D eigenvalue weighted by molar-refractivity contribution is 5.87. The van der Waals surface area contributed by atoms with Crippen LogP contribution in [0.3, 0.4) is 0 Å². The van der Waals surface area contributed by atoms with E-state index in [2.05, 4.69) is 26.8 Å². The first-order chi connectivity index (χ1) is 19.7. The summed E-state index contributed by atoms with van der Waals surface area (Å²) in [5.74, 6) is 1.05. The number of carbonyl (C=O) groups is 1. The van der Waals surface area contributed by atoms with E-state index in [1.165, 1.54) is 11.6 Å². The maximum absolute atomic E-state index is 13.0. The van der Waals surface area contributed by atoms with E-state index in [9.17, 15) is 4.79 Å². The lowest BCUT2D eigenvalue weighted by Crippen LogP contribution is -2.55. The third kappa shape index (κ3) is 6.74. The molecule has 41 heavy (non-hydrogen) atoms. The van der Waals surface area contributed by atoms with Crippen LogP contribution in [0, 0.1) is 5.92 Å². The Hall–Kier alpha value is -2.59. The topological polar surface area (TPSA) is 97.5 Å². The molecule has 2 aliphatic heterocycles. The van der Waals surface area contributed by atoms with E-state index in [0.717, 1.165) is 25.7 Å². The Labute approximate surface area is 243 Å². The van der Waals surface area contributed by atoms with Crippen molar-refractivity contribution in [3.8, 4) is 17.2 Å². The molecule has 0 amide bonds. The molecule has 2 unspecified atom stereocenters. The Morgan fingerprint density at radius 2 is 1.78 bits per heavy atom. The first-order valence-corrected chi connectivity index (χ1v) is 14.6. The number of ether oxygens (including phenoxy) is 8. The first kappa shape index (κ1) is 29.9. The molecule has 6 atom stereocenters. The summed E-state index contributed by atoms with van der Waals surface area (Å²) < 4.78 is 46.9. The van der Waals surface area contributed by atoms with Gasteiger partial charge in [-0.15, -0.1) is 0 Å². The number of esters is 1. The normalized spacial score (nSPS) is 32.0. The molecular weight excluding hydrogens is 528 g/mol. The monoisotopic (exact) mass is 572 g/mol. The molecular formula is C32H44O9. The van der Waals surface area contributed by atoms with Gasteiger partial charge in [0.15, 0.2) is 11.5 Å². The molecule has 226 valence electrons. The van der Waals surface area contributed by atoms with Crippen molar-refractivity contribution in [3.63, 3.8) is 0 Å². The Morgan fingerprint density at radius 1 is 1.07 bits per heavy atom. The summed E-state index contributed by atoms with van der Waals surface area (Å²) in [6.07, 6.45) is 9.58. The summed E-state index contributed by atoms with van der Waals surface area (Å²) >= 11 is 0. The fraction of sp³-hybridized carbons (Fsp3) is 0.656. The van der Waals surface area contributed by atoms with Gasteiger partial charge in [-0.1, -0.05) is 11.6 Å². The predicted octanol–water partition coefficient (Wildman–Crippen LogP) is 4.89. The van der Waals surface area contributed by atoms with E-state index >= 15 is 0 Å². The average Bonchev–Trinajstić information content (AvgIpc) is 3.87. The van der Waals surface area contributed by atoms with Crippen molar-refractivity contribution in [2.75, 3.05) is 41.2 Å². The van der Waals surface area contributed by atoms with Crippen molar-refractivity contribution in [2.45, 2.75) is 88.5 Å². The summed E-state index contributed by atoms with van der Waals surface area (Å²) in [5.41, 5.74) is 1.33. The second-order valence-electron chi connectivity index (χ2n) is 11.9.